The number of hydrogen-bond donors (Lipinski definition) is 1. The Morgan fingerprint density at radius 1 is 1.39 bits per heavy atom. The quantitative estimate of drug-likeness (QED) is 0.526. The van der Waals surface area contributed by atoms with Gasteiger partial charge in [0.25, 0.3) is 0 Å². The predicted molar refractivity (Wildman–Crippen MR) is 111 cm³/mol. The predicted octanol–water partition coefficient (Wildman–Crippen LogP) is 4.87. The summed E-state index contributed by atoms with van der Waals surface area (Å²) < 4.78 is 26.0. The van der Waals surface area contributed by atoms with Gasteiger partial charge in [-0.25, -0.2) is 9.18 Å². The molecule has 1 heterocycles. The first-order valence-electron chi connectivity index (χ1n) is 9.28. The molecule has 28 heavy (non-hydrogen) atoms. The fourth-order valence-corrected chi connectivity index (χ4v) is 4.33. The second-order valence-corrected chi connectivity index (χ2v) is 10.8. The molecular weight excluding hydrogens is 401 g/mol. The third-order valence-electron chi connectivity index (χ3n) is 4.41. The third-order valence-corrected chi connectivity index (χ3v) is 5.55. The van der Waals surface area contributed by atoms with Gasteiger partial charge in [0.2, 0.25) is 0 Å². The molecule has 2 aromatic rings. The van der Waals surface area contributed by atoms with Crippen molar-refractivity contribution in [2.45, 2.75) is 53.3 Å². The molecule has 0 spiro atoms. The number of nitrogens with zero attached hydrogens (tertiary/aromatic N) is 1. The summed E-state index contributed by atoms with van der Waals surface area (Å²) >= 11 is 6.10. The Morgan fingerprint density at radius 3 is 2.57 bits per heavy atom. The van der Waals surface area contributed by atoms with Crippen LogP contribution in [0.5, 0.6) is 5.75 Å². The highest BCUT2D eigenvalue weighted by Gasteiger charge is 2.30. The number of aromatic hydroxyl groups is 1. The molecule has 0 amide bonds. The third kappa shape index (κ3) is 4.82. The van der Waals surface area contributed by atoms with Crippen molar-refractivity contribution in [3.05, 3.63) is 34.2 Å². The van der Waals surface area contributed by atoms with E-state index in [0.717, 1.165) is 0 Å². The van der Waals surface area contributed by atoms with Crippen LogP contribution in [0.3, 0.4) is 0 Å². The summed E-state index contributed by atoms with van der Waals surface area (Å²) in [6.45, 7) is 12.0. The van der Waals surface area contributed by atoms with Gasteiger partial charge in [0.15, 0.2) is 9.04 Å². The van der Waals surface area contributed by atoms with Crippen LogP contribution in [-0.2, 0) is 15.6 Å². The van der Waals surface area contributed by atoms with Crippen molar-refractivity contribution in [1.29, 1.82) is 0 Å². The number of hydrogen-bond acceptors (Lipinski definition) is 5. The molecule has 0 aliphatic carbocycles. The number of carbonyl (C=O) groups is 1. The Labute approximate surface area is 171 Å². The van der Waals surface area contributed by atoms with E-state index in [1.54, 1.807) is 6.92 Å². The highest BCUT2D eigenvalue weighted by Crippen LogP contribution is 2.37. The number of carbonyl (C=O) groups excluding carboxylic acids is 1. The van der Waals surface area contributed by atoms with Gasteiger partial charge < -0.3 is 14.3 Å². The molecule has 5 nitrogen and oxygen atoms in total. The average molecular weight is 428 g/mol. The van der Waals surface area contributed by atoms with E-state index in [-0.39, 0.29) is 57.3 Å². The molecule has 0 saturated heterocycles. The van der Waals surface area contributed by atoms with Gasteiger partial charge in [-0.15, -0.1) is 0 Å². The molecular formula is C20H27ClFNO4Si. The zero-order chi connectivity index (χ0) is 21.2. The van der Waals surface area contributed by atoms with Crippen molar-refractivity contribution in [2.75, 3.05) is 6.61 Å². The van der Waals surface area contributed by atoms with E-state index in [0.29, 0.717) is 0 Å². The number of ether oxygens (including phenoxy) is 1. The van der Waals surface area contributed by atoms with E-state index in [9.17, 15) is 14.3 Å². The first kappa shape index (κ1) is 22.6. The summed E-state index contributed by atoms with van der Waals surface area (Å²) in [5.41, 5.74) is 0.213. The summed E-state index contributed by atoms with van der Waals surface area (Å²) in [6, 6.07) is 1.28. The van der Waals surface area contributed by atoms with Crippen LogP contribution in [-0.4, -0.2) is 37.8 Å². The topological polar surface area (TPSA) is 68.7 Å². The van der Waals surface area contributed by atoms with Gasteiger partial charge in [0.05, 0.1) is 23.3 Å². The van der Waals surface area contributed by atoms with E-state index < -0.39 is 20.8 Å². The second kappa shape index (κ2) is 8.76. The van der Waals surface area contributed by atoms with E-state index in [1.807, 2.05) is 20.8 Å². The fraction of sp³-hybridized carbons (Fsp3) is 0.500. The standard InChI is InChI=1S/C20H27ClFNO4Si/c1-7-26-19(25)13-10-23-17-11(9-15(20(2,3)4)27-28(5)6)16(22)14(21)8-12(17)18(13)24/h8,10,15,28H,7,9H2,1-6H3,(H,23,24). The molecule has 0 radical (unpaired) electrons. The molecule has 154 valence electrons. The van der Waals surface area contributed by atoms with Crippen LogP contribution in [0.15, 0.2) is 12.3 Å². The Morgan fingerprint density at radius 2 is 2.04 bits per heavy atom. The fourth-order valence-electron chi connectivity index (χ4n) is 2.95. The summed E-state index contributed by atoms with van der Waals surface area (Å²) in [6.07, 6.45) is 1.21. The van der Waals surface area contributed by atoms with Gasteiger partial charge in [-0.05, 0) is 31.5 Å². The first-order valence-corrected chi connectivity index (χ1v) is 12.4. The molecule has 1 atom stereocenters. The minimum atomic E-state index is -1.39. The molecule has 0 fully saturated rings. The number of fused-ring (bicyclic) bond motifs is 1. The van der Waals surface area contributed by atoms with Gasteiger partial charge in [-0.1, -0.05) is 32.4 Å². The maximum atomic E-state index is 14.9. The normalized spacial score (nSPS) is 13.2. The molecule has 0 aliphatic heterocycles. The monoisotopic (exact) mass is 427 g/mol. The average Bonchev–Trinajstić information content (AvgIpc) is 2.57. The minimum absolute atomic E-state index is 0.0822. The number of benzene rings is 1. The lowest BCUT2D eigenvalue weighted by molar-refractivity contribution is 0.0523. The van der Waals surface area contributed by atoms with Crippen molar-refractivity contribution in [3.63, 3.8) is 0 Å². The molecule has 0 bridgehead atoms. The summed E-state index contributed by atoms with van der Waals surface area (Å²) in [4.78, 5) is 16.3. The maximum Gasteiger partial charge on any atom is 0.343 e. The Bertz CT molecular complexity index is 883. The van der Waals surface area contributed by atoms with Gasteiger partial charge in [0, 0.05) is 23.6 Å². The van der Waals surface area contributed by atoms with Crippen LogP contribution in [0, 0.1) is 11.2 Å². The summed E-state index contributed by atoms with van der Waals surface area (Å²) in [7, 11) is -1.39. The van der Waals surface area contributed by atoms with E-state index in [4.69, 9.17) is 20.8 Å². The maximum absolute atomic E-state index is 14.9. The van der Waals surface area contributed by atoms with Crippen molar-refractivity contribution >= 4 is 37.5 Å². The Hall–Kier alpha value is -1.70. The number of halogens is 2. The molecule has 1 N–H and O–H groups in total. The molecule has 0 saturated carbocycles. The SMILES string of the molecule is CCOC(=O)c1cnc2c(CC(O[SiH](C)C)C(C)(C)C)c(F)c(Cl)cc2c1O. The van der Waals surface area contributed by atoms with E-state index in [1.165, 1.54) is 12.3 Å². The number of rotatable bonds is 6. The Kier molecular flexibility index (Phi) is 7.06. The van der Waals surface area contributed by atoms with Crippen molar-refractivity contribution < 1.29 is 23.5 Å². The second-order valence-electron chi connectivity index (χ2n) is 8.03. The highest BCUT2D eigenvalue weighted by molar-refractivity contribution is 6.48. The van der Waals surface area contributed by atoms with Gasteiger partial charge in [0.1, 0.15) is 17.1 Å². The van der Waals surface area contributed by atoms with Crippen LogP contribution in [0.2, 0.25) is 18.1 Å². The van der Waals surface area contributed by atoms with Crippen molar-refractivity contribution in [3.8, 4) is 5.75 Å². The summed E-state index contributed by atoms with van der Waals surface area (Å²) in [5, 5.41) is 10.6. The highest BCUT2D eigenvalue weighted by atomic mass is 35.5. The van der Waals surface area contributed by atoms with Crippen LogP contribution in [0.4, 0.5) is 4.39 Å². The van der Waals surface area contributed by atoms with Crippen LogP contribution in [0.25, 0.3) is 10.9 Å². The zero-order valence-corrected chi connectivity index (χ0v) is 19.0. The lowest BCUT2D eigenvalue weighted by atomic mass is 9.85. The molecule has 8 heteroatoms. The van der Waals surface area contributed by atoms with Crippen LogP contribution >= 0.6 is 11.6 Å². The van der Waals surface area contributed by atoms with E-state index in [2.05, 4.69) is 18.1 Å². The van der Waals surface area contributed by atoms with Gasteiger partial charge in [-0.2, -0.15) is 0 Å². The van der Waals surface area contributed by atoms with Gasteiger partial charge in [-0.3, -0.25) is 4.98 Å². The largest absolute Gasteiger partial charge is 0.506 e. The number of pyridine rings is 1. The lowest BCUT2D eigenvalue weighted by Gasteiger charge is -2.33. The van der Waals surface area contributed by atoms with Crippen molar-refractivity contribution in [2.24, 2.45) is 5.41 Å². The Balaban J connectivity index is 2.64. The smallest absolute Gasteiger partial charge is 0.343 e. The summed E-state index contributed by atoms with van der Waals surface area (Å²) in [5.74, 6) is -1.61. The zero-order valence-electron chi connectivity index (χ0n) is 17.1. The van der Waals surface area contributed by atoms with Crippen LogP contribution < -0.4 is 0 Å². The van der Waals surface area contributed by atoms with Crippen molar-refractivity contribution in [1.82, 2.24) is 4.98 Å². The lowest BCUT2D eigenvalue weighted by Crippen LogP contribution is -2.35. The number of esters is 1. The van der Waals surface area contributed by atoms with Gasteiger partial charge >= 0.3 is 5.97 Å². The molecule has 0 aliphatic rings. The molecule has 2 rings (SSSR count). The molecule has 1 unspecified atom stereocenters. The molecule has 1 aromatic heterocycles. The first-order chi connectivity index (χ1) is 13.0. The number of aromatic nitrogens is 1. The van der Waals surface area contributed by atoms with Crippen LogP contribution in [0.1, 0.15) is 43.6 Å². The minimum Gasteiger partial charge on any atom is -0.506 e. The molecule has 1 aromatic carbocycles. The van der Waals surface area contributed by atoms with E-state index >= 15 is 0 Å².